The van der Waals surface area contributed by atoms with E-state index in [1.54, 1.807) is 31.4 Å². The molecule has 0 atom stereocenters. The molecular formula is C19H13F2NO2S. The number of aromatic amines is 1. The Hall–Kier alpha value is -2.73. The Morgan fingerprint density at radius 1 is 1.08 bits per heavy atom. The number of aromatic nitrogens is 1. The molecule has 0 amide bonds. The van der Waals surface area contributed by atoms with Crippen LogP contribution in [0, 0.1) is 0 Å². The van der Waals surface area contributed by atoms with Gasteiger partial charge in [-0.1, -0.05) is 24.3 Å². The summed E-state index contributed by atoms with van der Waals surface area (Å²) in [5, 5.41) is 3.54. The van der Waals surface area contributed by atoms with E-state index < -0.39 is 6.43 Å². The molecule has 3 nitrogen and oxygen atoms in total. The van der Waals surface area contributed by atoms with Crippen LogP contribution in [0.3, 0.4) is 0 Å². The van der Waals surface area contributed by atoms with Crippen molar-refractivity contribution in [2.24, 2.45) is 0 Å². The Bertz CT molecular complexity index is 1130. The predicted octanol–water partition coefficient (Wildman–Crippen LogP) is 5.36. The SMILES string of the molecule is COc1ccc2[nH]c(=O)c3sccc3c2c1-c1ccc(C(F)F)cc1. The lowest BCUT2D eigenvalue weighted by Crippen LogP contribution is -2.05. The number of halogens is 2. The minimum absolute atomic E-state index is 0.0305. The first-order chi connectivity index (χ1) is 12.1. The molecule has 25 heavy (non-hydrogen) atoms. The molecule has 0 unspecified atom stereocenters. The third-order valence-corrected chi connectivity index (χ3v) is 5.14. The fraction of sp³-hybridized carbons (Fsp3) is 0.105. The fourth-order valence-electron chi connectivity index (χ4n) is 3.08. The van der Waals surface area contributed by atoms with Gasteiger partial charge in [0.2, 0.25) is 0 Å². The average molecular weight is 357 g/mol. The Morgan fingerprint density at radius 2 is 1.84 bits per heavy atom. The Morgan fingerprint density at radius 3 is 2.52 bits per heavy atom. The highest BCUT2D eigenvalue weighted by atomic mass is 32.1. The largest absolute Gasteiger partial charge is 0.496 e. The molecule has 0 aliphatic heterocycles. The second-order valence-corrected chi connectivity index (χ2v) is 6.52. The standard InChI is InChI=1S/C19H13F2NO2S/c1-24-14-7-6-13-16(12-8-9-25-17(12)19(23)22-13)15(14)10-2-4-11(5-3-10)18(20)21/h2-9,18H,1H3,(H,22,23). The normalized spacial score (nSPS) is 11.5. The van der Waals surface area contributed by atoms with Crippen molar-refractivity contribution < 1.29 is 13.5 Å². The van der Waals surface area contributed by atoms with E-state index in [0.717, 1.165) is 21.9 Å². The summed E-state index contributed by atoms with van der Waals surface area (Å²) in [7, 11) is 1.56. The Labute approximate surface area is 145 Å². The molecule has 126 valence electrons. The number of H-pyrrole nitrogens is 1. The van der Waals surface area contributed by atoms with Crippen LogP contribution in [0.4, 0.5) is 8.78 Å². The van der Waals surface area contributed by atoms with Crippen molar-refractivity contribution in [3.63, 3.8) is 0 Å². The number of hydrogen-bond donors (Lipinski definition) is 1. The van der Waals surface area contributed by atoms with Gasteiger partial charge in [0.1, 0.15) is 10.4 Å². The van der Waals surface area contributed by atoms with Crippen LogP contribution < -0.4 is 10.3 Å². The third-order valence-electron chi connectivity index (χ3n) is 4.23. The zero-order valence-electron chi connectivity index (χ0n) is 13.2. The Kier molecular flexibility index (Phi) is 3.77. The number of benzene rings is 2. The molecule has 0 spiro atoms. The van der Waals surface area contributed by atoms with Crippen LogP contribution in [0.1, 0.15) is 12.0 Å². The summed E-state index contributed by atoms with van der Waals surface area (Å²) >= 11 is 1.37. The van der Waals surface area contributed by atoms with E-state index in [1.807, 2.05) is 11.4 Å². The van der Waals surface area contributed by atoms with Crippen molar-refractivity contribution in [3.05, 3.63) is 63.8 Å². The summed E-state index contributed by atoms with van der Waals surface area (Å²) in [6.07, 6.45) is -2.51. The van der Waals surface area contributed by atoms with Gasteiger partial charge in [0.25, 0.3) is 12.0 Å². The molecule has 4 rings (SSSR count). The van der Waals surface area contributed by atoms with E-state index in [2.05, 4.69) is 4.98 Å². The fourth-order valence-corrected chi connectivity index (χ4v) is 3.88. The number of fused-ring (bicyclic) bond motifs is 3. The lowest BCUT2D eigenvalue weighted by molar-refractivity contribution is 0.151. The van der Waals surface area contributed by atoms with Crippen LogP contribution in [0.2, 0.25) is 0 Å². The molecule has 0 bridgehead atoms. The second-order valence-electron chi connectivity index (χ2n) is 5.61. The van der Waals surface area contributed by atoms with Crippen LogP contribution in [0.15, 0.2) is 52.6 Å². The van der Waals surface area contributed by atoms with Gasteiger partial charge in [-0.25, -0.2) is 8.78 Å². The van der Waals surface area contributed by atoms with Gasteiger partial charge >= 0.3 is 0 Å². The van der Waals surface area contributed by atoms with Crippen molar-refractivity contribution in [1.82, 2.24) is 4.98 Å². The minimum atomic E-state index is -2.51. The van der Waals surface area contributed by atoms with Crippen LogP contribution >= 0.6 is 11.3 Å². The molecule has 0 saturated heterocycles. The zero-order valence-corrected chi connectivity index (χ0v) is 14.0. The maximum absolute atomic E-state index is 12.8. The summed E-state index contributed by atoms with van der Waals surface area (Å²) in [4.78, 5) is 15.1. The van der Waals surface area contributed by atoms with Gasteiger partial charge in [0.05, 0.1) is 7.11 Å². The number of hydrogen-bond acceptors (Lipinski definition) is 3. The van der Waals surface area contributed by atoms with Crippen molar-refractivity contribution in [1.29, 1.82) is 0 Å². The predicted molar refractivity (Wildman–Crippen MR) is 96.9 cm³/mol. The third kappa shape index (κ3) is 2.49. The number of pyridine rings is 1. The first-order valence-electron chi connectivity index (χ1n) is 7.59. The van der Waals surface area contributed by atoms with Gasteiger partial charge in [0, 0.05) is 27.4 Å². The summed E-state index contributed by atoms with van der Waals surface area (Å²) in [6.45, 7) is 0. The van der Waals surface area contributed by atoms with E-state index >= 15 is 0 Å². The van der Waals surface area contributed by atoms with Crippen molar-refractivity contribution in [3.8, 4) is 16.9 Å². The number of rotatable bonds is 3. The number of thiophene rings is 1. The number of methoxy groups -OCH3 is 1. The molecule has 0 radical (unpaired) electrons. The van der Waals surface area contributed by atoms with Crippen LogP contribution in [-0.2, 0) is 0 Å². The lowest BCUT2D eigenvalue weighted by atomic mass is 9.96. The van der Waals surface area contributed by atoms with Crippen molar-refractivity contribution in [2.45, 2.75) is 6.43 Å². The second kappa shape index (κ2) is 5.97. The highest BCUT2D eigenvalue weighted by Crippen LogP contribution is 2.40. The van der Waals surface area contributed by atoms with E-state index in [9.17, 15) is 13.6 Å². The van der Waals surface area contributed by atoms with Crippen LogP contribution in [0.5, 0.6) is 5.75 Å². The summed E-state index contributed by atoms with van der Waals surface area (Å²) < 4.78 is 31.8. The quantitative estimate of drug-likeness (QED) is 0.537. The molecule has 2 heterocycles. The molecule has 2 aromatic heterocycles. The minimum Gasteiger partial charge on any atom is -0.496 e. The van der Waals surface area contributed by atoms with E-state index in [-0.39, 0.29) is 11.1 Å². The number of ether oxygens (including phenoxy) is 1. The van der Waals surface area contributed by atoms with E-state index in [1.165, 1.54) is 23.5 Å². The Balaban J connectivity index is 2.10. The molecule has 2 aromatic carbocycles. The smallest absolute Gasteiger partial charge is 0.266 e. The van der Waals surface area contributed by atoms with Gasteiger partial charge in [-0.3, -0.25) is 4.79 Å². The maximum Gasteiger partial charge on any atom is 0.266 e. The lowest BCUT2D eigenvalue weighted by Gasteiger charge is -2.14. The molecule has 1 N–H and O–H groups in total. The molecule has 0 aliphatic rings. The molecule has 0 fully saturated rings. The van der Waals surface area contributed by atoms with Gasteiger partial charge < -0.3 is 9.72 Å². The highest BCUT2D eigenvalue weighted by molar-refractivity contribution is 7.17. The van der Waals surface area contributed by atoms with Crippen molar-refractivity contribution in [2.75, 3.05) is 7.11 Å². The monoisotopic (exact) mass is 357 g/mol. The molecule has 4 aromatic rings. The van der Waals surface area contributed by atoms with E-state index in [0.29, 0.717) is 16.0 Å². The van der Waals surface area contributed by atoms with Crippen LogP contribution in [-0.4, -0.2) is 12.1 Å². The number of nitrogens with one attached hydrogen (secondary N) is 1. The van der Waals surface area contributed by atoms with Crippen molar-refractivity contribution >= 4 is 32.3 Å². The van der Waals surface area contributed by atoms with Gasteiger partial charge in [-0.15, -0.1) is 11.3 Å². The summed E-state index contributed by atoms with van der Waals surface area (Å²) in [6, 6.07) is 11.6. The molecule has 0 aliphatic carbocycles. The summed E-state index contributed by atoms with van der Waals surface area (Å²) in [5.74, 6) is 0.622. The zero-order chi connectivity index (χ0) is 17.6. The molecule has 0 saturated carbocycles. The number of alkyl halides is 2. The van der Waals surface area contributed by atoms with Gasteiger partial charge in [-0.05, 0) is 29.1 Å². The summed E-state index contributed by atoms with van der Waals surface area (Å²) in [5.41, 5.74) is 2.05. The molecular weight excluding hydrogens is 344 g/mol. The van der Waals surface area contributed by atoms with E-state index in [4.69, 9.17) is 4.74 Å². The van der Waals surface area contributed by atoms with Gasteiger partial charge in [0.15, 0.2) is 0 Å². The molecule has 6 heteroatoms. The maximum atomic E-state index is 12.8. The van der Waals surface area contributed by atoms with Gasteiger partial charge in [-0.2, -0.15) is 0 Å². The first-order valence-corrected chi connectivity index (χ1v) is 8.47. The highest BCUT2D eigenvalue weighted by Gasteiger charge is 2.16. The topological polar surface area (TPSA) is 42.1 Å². The van der Waals surface area contributed by atoms with Crippen LogP contribution in [0.25, 0.3) is 32.1 Å². The average Bonchev–Trinajstić information content (AvgIpc) is 3.11. The first kappa shape index (κ1) is 15.8.